The van der Waals surface area contributed by atoms with Crippen molar-refractivity contribution in [1.29, 1.82) is 10.5 Å². The predicted octanol–water partition coefficient (Wildman–Crippen LogP) is 4.42. The van der Waals surface area contributed by atoms with E-state index < -0.39 is 11.7 Å². The summed E-state index contributed by atoms with van der Waals surface area (Å²) in [6.45, 7) is 0. The molecule has 0 atom stereocenters. The summed E-state index contributed by atoms with van der Waals surface area (Å²) in [5.41, 5.74) is 1.36. The number of nitrogens with zero attached hydrogens (tertiary/aromatic N) is 2. The van der Waals surface area contributed by atoms with Crippen molar-refractivity contribution in [3.8, 4) is 12.1 Å². The molecule has 0 radical (unpaired) electrons. The Morgan fingerprint density at radius 3 is 2.24 bits per heavy atom. The van der Waals surface area contributed by atoms with Crippen LogP contribution in [-0.2, 0) is 4.79 Å². The lowest BCUT2D eigenvalue weighted by atomic mass is 10.1. The van der Waals surface area contributed by atoms with Gasteiger partial charge in [0.25, 0.3) is 11.7 Å². The normalized spacial score (nSPS) is 10.8. The highest BCUT2D eigenvalue weighted by molar-refractivity contribution is 7.99. The highest BCUT2D eigenvalue weighted by Gasteiger charge is 2.10. The second-order valence-corrected chi connectivity index (χ2v) is 5.82. The lowest BCUT2D eigenvalue weighted by Gasteiger charge is -2.06. The Balaban J connectivity index is 2.10. The van der Waals surface area contributed by atoms with Gasteiger partial charge in [0.1, 0.15) is 11.6 Å². The van der Waals surface area contributed by atoms with Crippen molar-refractivity contribution in [2.24, 2.45) is 0 Å². The molecule has 0 saturated heterocycles. The lowest BCUT2D eigenvalue weighted by molar-refractivity contribution is -0.112. The van der Waals surface area contributed by atoms with Crippen molar-refractivity contribution in [1.82, 2.24) is 0 Å². The number of rotatable bonds is 5. The SMILES string of the molecule is N#C/C(=C\c1ccc(C#N)cc1)C(=O)Nc1ccc(SC(F)F)cc1. The monoisotopic (exact) mass is 355 g/mol. The number of nitrogens with one attached hydrogen (secondary N) is 1. The number of carbonyl (C=O) groups excluding carboxylic acids is 1. The van der Waals surface area contributed by atoms with Gasteiger partial charge in [0.15, 0.2) is 0 Å². The Labute approximate surface area is 147 Å². The molecule has 1 amide bonds. The van der Waals surface area contributed by atoms with Crippen molar-refractivity contribution in [3.05, 3.63) is 65.2 Å². The van der Waals surface area contributed by atoms with E-state index in [1.54, 1.807) is 24.3 Å². The largest absolute Gasteiger partial charge is 0.321 e. The number of thioether (sulfide) groups is 1. The van der Waals surface area contributed by atoms with Crippen LogP contribution in [0.4, 0.5) is 14.5 Å². The van der Waals surface area contributed by atoms with Gasteiger partial charge in [-0.05, 0) is 48.0 Å². The highest BCUT2D eigenvalue weighted by atomic mass is 32.2. The van der Waals surface area contributed by atoms with Crippen LogP contribution in [0.5, 0.6) is 0 Å². The summed E-state index contributed by atoms with van der Waals surface area (Å²) >= 11 is 0.409. The fourth-order valence-corrected chi connectivity index (χ4v) is 2.39. The molecule has 25 heavy (non-hydrogen) atoms. The van der Waals surface area contributed by atoms with Gasteiger partial charge in [0, 0.05) is 10.6 Å². The Bertz CT molecular complexity index is 863. The fourth-order valence-electron chi connectivity index (χ4n) is 1.89. The Morgan fingerprint density at radius 2 is 1.72 bits per heavy atom. The molecule has 1 N–H and O–H groups in total. The van der Waals surface area contributed by atoms with Gasteiger partial charge in [-0.1, -0.05) is 23.9 Å². The molecular weight excluding hydrogens is 344 g/mol. The third-order valence-electron chi connectivity index (χ3n) is 3.05. The van der Waals surface area contributed by atoms with Gasteiger partial charge < -0.3 is 5.32 Å². The molecule has 0 aromatic heterocycles. The topological polar surface area (TPSA) is 76.7 Å². The molecule has 4 nitrogen and oxygen atoms in total. The first-order chi connectivity index (χ1) is 12.0. The van der Waals surface area contributed by atoms with Crippen molar-refractivity contribution in [3.63, 3.8) is 0 Å². The Morgan fingerprint density at radius 1 is 1.08 bits per heavy atom. The van der Waals surface area contributed by atoms with Crippen LogP contribution in [0.2, 0.25) is 0 Å². The molecule has 124 valence electrons. The highest BCUT2D eigenvalue weighted by Crippen LogP contribution is 2.26. The number of carbonyl (C=O) groups is 1. The van der Waals surface area contributed by atoms with Gasteiger partial charge in [0.05, 0.1) is 11.6 Å². The van der Waals surface area contributed by atoms with E-state index >= 15 is 0 Å². The molecule has 7 heteroatoms. The maximum absolute atomic E-state index is 12.3. The minimum Gasteiger partial charge on any atom is -0.321 e. The van der Waals surface area contributed by atoms with Crippen LogP contribution < -0.4 is 5.32 Å². The molecular formula is C18H11F2N3OS. The summed E-state index contributed by atoms with van der Waals surface area (Å²) in [5, 5.41) is 20.5. The van der Waals surface area contributed by atoms with E-state index in [1.807, 2.05) is 12.1 Å². The molecule has 0 fully saturated rings. The van der Waals surface area contributed by atoms with E-state index in [4.69, 9.17) is 10.5 Å². The van der Waals surface area contributed by atoms with E-state index in [0.29, 0.717) is 33.5 Å². The second kappa shape index (κ2) is 8.62. The first kappa shape index (κ1) is 18.2. The zero-order valence-corrected chi connectivity index (χ0v) is 13.6. The van der Waals surface area contributed by atoms with Crippen LogP contribution in [0.3, 0.4) is 0 Å². The molecule has 2 aromatic carbocycles. The summed E-state index contributed by atoms with van der Waals surface area (Å²) in [6, 6.07) is 16.1. The quantitative estimate of drug-likeness (QED) is 0.489. The fraction of sp³-hybridized carbons (Fsp3) is 0.0556. The summed E-state index contributed by atoms with van der Waals surface area (Å²) < 4.78 is 24.5. The van der Waals surface area contributed by atoms with Gasteiger partial charge in [-0.3, -0.25) is 4.79 Å². The van der Waals surface area contributed by atoms with E-state index in [-0.39, 0.29) is 5.57 Å². The van der Waals surface area contributed by atoms with Gasteiger partial charge in [-0.25, -0.2) is 0 Å². The number of hydrogen-bond acceptors (Lipinski definition) is 4. The van der Waals surface area contributed by atoms with Crippen LogP contribution >= 0.6 is 11.8 Å². The second-order valence-electron chi connectivity index (χ2n) is 4.76. The molecule has 0 saturated carbocycles. The summed E-state index contributed by atoms with van der Waals surface area (Å²) in [5.74, 6) is -3.12. The Kier molecular flexibility index (Phi) is 6.27. The average Bonchev–Trinajstić information content (AvgIpc) is 2.61. The summed E-state index contributed by atoms with van der Waals surface area (Å²) in [6.07, 6.45) is 1.40. The van der Waals surface area contributed by atoms with Crippen LogP contribution in [0.15, 0.2) is 59.0 Å². The molecule has 2 rings (SSSR count). The Hall–Kier alpha value is -3.16. The molecule has 2 aromatic rings. The average molecular weight is 355 g/mol. The summed E-state index contributed by atoms with van der Waals surface area (Å²) in [7, 11) is 0. The van der Waals surface area contributed by atoms with Crippen LogP contribution in [0.25, 0.3) is 6.08 Å². The van der Waals surface area contributed by atoms with Crippen molar-refractivity contribution in [2.45, 2.75) is 10.7 Å². The molecule has 0 bridgehead atoms. The van der Waals surface area contributed by atoms with E-state index in [2.05, 4.69) is 5.32 Å². The van der Waals surface area contributed by atoms with Crippen LogP contribution in [0, 0.1) is 22.7 Å². The molecule has 0 spiro atoms. The predicted molar refractivity (Wildman–Crippen MR) is 91.7 cm³/mol. The van der Waals surface area contributed by atoms with Gasteiger partial charge >= 0.3 is 0 Å². The zero-order valence-electron chi connectivity index (χ0n) is 12.7. The number of amides is 1. The molecule has 0 aliphatic carbocycles. The standard InChI is InChI=1S/C18H11F2N3OS/c19-18(20)25-16-7-5-15(6-8-16)23-17(24)14(11-22)9-12-1-3-13(10-21)4-2-12/h1-9,18H,(H,23,24)/b14-9+. The van der Waals surface area contributed by atoms with E-state index in [9.17, 15) is 13.6 Å². The molecule has 0 aliphatic heterocycles. The van der Waals surface area contributed by atoms with Crippen molar-refractivity contribution >= 4 is 29.4 Å². The van der Waals surface area contributed by atoms with Crippen LogP contribution in [-0.4, -0.2) is 11.7 Å². The molecule has 0 aliphatic rings. The molecule has 0 unspecified atom stereocenters. The number of alkyl halides is 2. The first-order valence-electron chi connectivity index (χ1n) is 7.00. The van der Waals surface area contributed by atoms with Gasteiger partial charge in [-0.2, -0.15) is 19.3 Å². The third-order valence-corrected chi connectivity index (χ3v) is 3.78. The minimum absolute atomic E-state index is 0.115. The maximum atomic E-state index is 12.3. The number of nitriles is 2. The number of hydrogen-bond donors (Lipinski definition) is 1. The van der Waals surface area contributed by atoms with Gasteiger partial charge in [-0.15, -0.1) is 0 Å². The lowest BCUT2D eigenvalue weighted by Crippen LogP contribution is -2.13. The van der Waals surface area contributed by atoms with E-state index in [1.165, 1.54) is 30.3 Å². The number of benzene rings is 2. The first-order valence-corrected chi connectivity index (χ1v) is 7.88. The smallest absolute Gasteiger partial charge is 0.288 e. The van der Waals surface area contributed by atoms with Gasteiger partial charge in [0.2, 0.25) is 0 Å². The minimum atomic E-state index is -2.51. The van der Waals surface area contributed by atoms with Crippen LogP contribution in [0.1, 0.15) is 11.1 Å². The maximum Gasteiger partial charge on any atom is 0.288 e. The van der Waals surface area contributed by atoms with Crippen molar-refractivity contribution < 1.29 is 13.6 Å². The number of anilines is 1. The summed E-state index contributed by atoms with van der Waals surface area (Å²) in [4.78, 5) is 12.5. The number of halogens is 2. The molecule has 0 heterocycles. The third kappa shape index (κ3) is 5.45. The zero-order chi connectivity index (χ0) is 18.2. The van der Waals surface area contributed by atoms with Crippen molar-refractivity contribution in [2.75, 3.05) is 5.32 Å². The van der Waals surface area contributed by atoms with E-state index in [0.717, 1.165) is 0 Å².